The highest BCUT2D eigenvalue weighted by Gasteiger charge is 2.27. The van der Waals surface area contributed by atoms with Gasteiger partial charge in [-0.15, -0.1) is 0 Å². The van der Waals surface area contributed by atoms with Crippen LogP contribution < -0.4 is 5.32 Å². The molecule has 1 aliphatic rings. The fourth-order valence-electron chi connectivity index (χ4n) is 2.32. The molecule has 0 unspecified atom stereocenters. The van der Waals surface area contributed by atoms with Gasteiger partial charge in [0.05, 0.1) is 4.90 Å². The topological polar surface area (TPSA) is 92.5 Å². The number of amides is 1. The predicted molar refractivity (Wildman–Crippen MR) is 78.9 cm³/mol. The first-order valence-electron chi connectivity index (χ1n) is 6.89. The number of carbonyl (C=O) groups is 1. The number of nitrogens with zero attached hydrogens (tertiary/aromatic N) is 2. The van der Waals surface area contributed by atoms with Crippen LogP contribution in [0.5, 0.6) is 0 Å². The van der Waals surface area contributed by atoms with E-state index >= 15 is 0 Å². The van der Waals surface area contributed by atoms with Crippen LogP contribution in [0.4, 0.5) is 5.82 Å². The van der Waals surface area contributed by atoms with Gasteiger partial charge >= 0.3 is 0 Å². The van der Waals surface area contributed by atoms with Gasteiger partial charge in [0.2, 0.25) is 10.0 Å². The molecule has 0 aliphatic carbocycles. The van der Waals surface area contributed by atoms with E-state index in [1.54, 1.807) is 0 Å². The molecule has 1 saturated heterocycles. The Labute approximate surface area is 128 Å². The average Bonchev–Trinajstić information content (AvgIpc) is 3.21. The Morgan fingerprint density at radius 1 is 1.14 bits per heavy atom. The van der Waals surface area contributed by atoms with Crippen LogP contribution in [-0.4, -0.2) is 36.9 Å². The molecule has 116 valence electrons. The number of aromatic nitrogens is 1. The maximum Gasteiger partial charge on any atom is 0.256 e. The Bertz CT molecular complexity index is 748. The molecular weight excluding hydrogens is 306 g/mol. The number of benzene rings is 1. The zero-order valence-corrected chi connectivity index (χ0v) is 12.5. The number of nitrogens with one attached hydrogen (secondary N) is 1. The van der Waals surface area contributed by atoms with Gasteiger partial charge in [-0.25, -0.2) is 8.42 Å². The van der Waals surface area contributed by atoms with Gasteiger partial charge in [-0.2, -0.15) is 4.31 Å². The number of rotatable bonds is 4. The summed E-state index contributed by atoms with van der Waals surface area (Å²) in [6.45, 7) is 1.10. The molecule has 1 fully saturated rings. The Kier molecular flexibility index (Phi) is 3.95. The minimum atomic E-state index is -3.46. The molecule has 7 nitrogen and oxygen atoms in total. The van der Waals surface area contributed by atoms with Crippen LogP contribution in [0, 0.1) is 0 Å². The second-order valence-electron chi connectivity index (χ2n) is 4.97. The lowest BCUT2D eigenvalue weighted by Gasteiger charge is -2.15. The summed E-state index contributed by atoms with van der Waals surface area (Å²) in [5, 5.41) is 6.13. The molecule has 1 amide bonds. The molecule has 0 atom stereocenters. The van der Waals surface area contributed by atoms with Crippen molar-refractivity contribution in [3.63, 3.8) is 0 Å². The van der Waals surface area contributed by atoms with E-state index in [2.05, 4.69) is 15.0 Å². The maximum absolute atomic E-state index is 12.4. The fourth-order valence-corrected chi connectivity index (χ4v) is 3.84. The van der Waals surface area contributed by atoms with Crippen LogP contribution in [0.3, 0.4) is 0 Å². The number of hydrogen-bond acceptors (Lipinski definition) is 5. The first kappa shape index (κ1) is 14.7. The zero-order chi connectivity index (χ0) is 15.6. The van der Waals surface area contributed by atoms with E-state index in [0.717, 1.165) is 12.8 Å². The average molecular weight is 321 g/mol. The van der Waals surface area contributed by atoms with Crippen molar-refractivity contribution in [3.05, 3.63) is 42.2 Å². The van der Waals surface area contributed by atoms with Crippen molar-refractivity contribution in [2.75, 3.05) is 18.4 Å². The molecule has 1 N–H and O–H groups in total. The first-order chi connectivity index (χ1) is 10.6. The number of anilines is 1. The maximum atomic E-state index is 12.4. The molecule has 2 heterocycles. The Morgan fingerprint density at radius 3 is 2.41 bits per heavy atom. The van der Waals surface area contributed by atoms with Gasteiger partial charge in [0.1, 0.15) is 6.26 Å². The smallest absolute Gasteiger partial charge is 0.256 e. The molecule has 0 spiro atoms. The fraction of sp³-hybridized carbons (Fsp3) is 0.286. The van der Waals surface area contributed by atoms with E-state index in [9.17, 15) is 13.2 Å². The minimum Gasteiger partial charge on any atom is -0.363 e. The Balaban J connectivity index is 1.76. The number of sulfonamides is 1. The van der Waals surface area contributed by atoms with Crippen molar-refractivity contribution < 1.29 is 17.7 Å². The van der Waals surface area contributed by atoms with Crippen molar-refractivity contribution in [3.8, 4) is 0 Å². The van der Waals surface area contributed by atoms with Crippen molar-refractivity contribution in [1.82, 2.24) is 9.46 Å². The summed E-state index contributed by atoms with van der Waals surface area (Å²) >= 11 is 0. The molecule has 0 radical (unpaired) electrons. The first-order valence-corrected chi connectivity index (χ1v) is 8.33. The zero-order valence-electron chi connectivity index (χ0n) is 11.7. The van der Waals surface area contributed by atoms with Crippen LogP contribution in [0.2, 0.25) is 0 Å². The SMILES string of the molecule is O=C(Nc1ccon1)c1ccc(S(=O)(=O)N2CCCC2)cc1. The molecule has 0 bridgehead atoms. The standard InChI is InChI=1S/C14H15N3O4S/c18-14(15-13-7-10-21-16-13)11-3-5-12(6-4-11)22(19,20)17-8-1-2-9-17/h3-7,10H,1-2,8-9H2,(H,15,16,18). The van der Waals surface area contributed by atoms with Crippen LogP contribution in [0.1, 0.15) is 23.2 Å². The quantitative estimate of drug-likeness (QED) is 0.925. The summed E-state index contributed by atoms with van der Waals surface area (Å²) in [5.41, 5.74) is 0.350. The van der Waals surface area contributed by atoms with E-state index in [1.165, 1.54) is 40.9 Å². The van der Waals surface area contributed by atoms with E-state index in [4.69, 9.17) is 0 Å². The number of carbonyl (C=O) groups excluding carboxylic acids is 1. The lowest BCUT2D eigenvalue weighted by atomic mass is 10.2. The summed E-state index contributed by atoms with van der Waals surface area (Å²) in [4.78, 5) is 12.2. The Hall–Kier alpha value is -2.19. The van der Waals surface area contributed by atoms with Crippen molar-refractivity contribution in [1.29, 1.82) is 0 Å². The summed E-state index contributed by atoms with van der Waals surface area (Å²) < 4.78 is 30.8. The second-order valence-corrected chi connectivity index (χ2v) is 6.91. The molecular formula is C14H15N3O4S. The van der Waals surface area contributed by atoms with Gasteiger partial charge in [-0.1, -0.05) is 5.16 Å². The van der Waals surface area contributed by atoms with Crippen molar-refractivity contribution in [2.45, 2.75) is 17.7 Å². The molecule has 1 aromatic carbocycles. The third-order valence-corrected chi connectivity index (χ3v) is 5.41. The molecule has 2 aromatic rings. The normalized spacial score (nSPS) is 15.8. The molecule has 1 aliphatic heterocycles. The van der Waals surface area contributed by atoms with Gasteiger partial charge in [-0.05, 0) is 37.1 Å². The van der Waals surface area contributed by atoms with Gasteiger partial charge in [0.15, 0.2) is 5.82 Å². The number of hydrogen-bond donors (Lipinski definition) is 1. The van der Waals surface area contributed by atoms with Gasteiger partial charge in [0, 0.05) is 24.7 Å². The predicted octanol–water partition coefficient (Wildman–Crippen LogP) is 1.71. The van der Waals surface area contributed by atoms with E-state index < -0.39 is 10.0 Å². The largest absolute Gasteiger partial charge is 0.363 e. The second kappa shape index (κ2) is 5.90. The van der Waals surface area contributed by atoms with Crippen LogP contribution in [-0.2, 0) is 10.0 Å². The lowest BCUT2D eigenvalue weighted by Crippen LogP contribution is -2.27. The Morgan fingerprint density at radius 2 is 1.82 bits per heavy atom. The van der Waals surface area contributed by atoms with E-state index in [0.29, 0.717) is 24.5 Å². The van der Waals surface area contributed by atoms with Gasteiger partial charge in [-0.3, -0.25) is 4.79 Å². The third kappa shape index (κ3) is 2.88. The third-order valence-electron chi connectivity index (χ3n) is 3.50. The van der Waals surface area contributed by atoms with E-state index in [1.807, 2.05) is 0 Å². The summed E-state index contributed by atoms with van der Waals surface area (Å²) in [7, 11) is -3.46. The molecule has 1 aromatic heterocycles. The highest BCUT2D eigenvalue weighted by Crippen LogP contribution is 2.21. The molecule has 3 rings (SSSR count). The summed E-state index contributed by atoms with van der Waals surface area (Å²) in [6, 6.07) is 7.39. The van der Waals surface area contributed by atoms with Crippen molar-refractivity contribution >= 4 is 21.7 Å². The highest BCUT2D eigenvalue weighted by molar-refractivity contribution is 7.89. The summed E-state index contributed by atoms with van der Waals surface area (Å²) in [5.74, 6) is -0.0715. The van der Waals surface area contributed by atoms with Gasteiger partial charge in [0.25, 0.3) is 5.91 Å². The lowest BCUT2D eigenvalue weighted by molar-refractivity contribution is 0.102. The van der Waals surface area contributed by atoms with E-state index in [-0.39, 0.29) is 10.8 Å². The van der Waals surface area contributed by atoms with Crippen molar-refractivity contribution in [2.24, 2.45) is 0 Å². The van der Waals surface area contributed by atoms with Crippen LogP contribution in [0.15, 0.2) is 46.0 Å². The van der Waals surface area contributed by atoms with Crippen LogP contribution in [0.25, 0.3) is 0 Å². The molecule has 0 saturated carbocycles. The summed E-state index contributed by atoms with van der Waals surface area (Å²) in [6.07, 6.45) is 3.12. The molecule has 8 heteroatoms. The van der Waals surface area contributed by atoms with Gasteiger partial charge < -0.3 is 9.84 Å². The monoisotopic (exact) mass is 321 g/mol. The highest BCUT2D eigenvalue weighted by atomic mass is 32.2. The minimum absolute atomic E-state index is 0.201. The van der Waals surface area contributed by atoms with Crippen LogP contribution >= 0.6 is 0 Å². The molecule has 22 heavy (non-hydrogen) atoms.